The zero-order valence-electron chi connectivity index (χ0n) is 11.7. The van der Waals surface area contributed by atoms with Crippen LogP contribution in [0.3, 0.4) is 0 Å². The van der Waals surface area contributed by atoms with E-state index in [1.54, 1.807) is 0 Å². The lowest BCUT2D eigenvalue weighted by Gasteiger charge is -2.45. The third-order valence-electron chi connectivity index (χ3n) is 3.85. The van der Waals surface area contributed by atoms with E-state index in [0.29, 0.717) is 6.54 Å². The first-order valence-corrected chi connectivity index (χ1v) is 6.60. The van der Waals surface area contributed by atoms with Crippen LogP contribution >= 0.6 is 0 Å². The minimum Gasteiger partial charge on any atom is -0.325 e. The highest BCUT2D eigenvalue weighted by Crippen LogP contribution is 2.20. The number of hydrogen-bond acceptors (Lipinski definition) is 4. The maximum Gasteiger partial charge on any atom is 0.0547 e. The van der Waals surface area contributed by atoms with E-state index in [1.807, 2.05) is 12.1 Å². The van der Waals surface area contributed by atoms with E-state index >= 15 is 0 Å². The van der Waals surface area contributed by atoms with Crippen molar-refractivity contribution in [1.82, 2.24) is 14.8 Å². The first kappa shape index (κ1) is 13.5. The van der Waals surface area contributed by atoms with Gasteiger partial charge in [-0.15, -0.1) is 0 Å². The summed E-state index contributed by atoms with van der Waals surface area (Å²) >= 11 is 0. The topological polar surface area (TPSA) is 45.4 Å². The summed E-state index contributed by atoms with van der Waals surface area (Å²) in [6.07, 6.45) is 0. The fourth-order valence-corrected chi connectivity index (χ4v) is 2.44. The smallest absolute Gasteiger partial charge is 0.0547 e. The molecule has 0 amide bonds. The minimum absolute atomic E-state index is 0.240. The number of nitrogens with two attached hydrogens (primary N) is 1. The van der Waals surface area contributed by atoms with Crippen LogP contribution in [-0.2, 0) is 13.1 Å². The molecule has 1 saturated heterocycles. The lowest BCUT2D eigenvalue weighted by Crippen LogP contribution is -2.57. The van der Waals surface area contributed by atoms with Crippen molar-refractivity contribution in [2.75, 3.05) is 26.7 Å². The van der Waals surface area contributed by atoms with Crippen LogP contribution in [0.15, 0.2) is 18.2 Å². The first-order valence-electron chi connectivity index (χ1n) is 6.60. The molecule has 1 aliphatic heterocycles. The normalized spacial score (nSPS) is 21.1. The molecular formula is C14H24N4. The summed E-state index contributed by atoms with van der Waals surface area (Å²) in [6, 6.07) is 6.12. The number of likely N-dealkylation sites (N-methyl/N-ethyl adjacent to an activating group) is 1. The third kappa shape index (κ3) is 3.07. The van der Waals surface area contributed by atoms with Crippen LogP contribution in [0.1, 0.15) is 25.2 Å². The van der Waals surface area contributed by atoms with Gasteiger partial charge in [0.15, 0.2) is 0 Å². The van der Waals surface area contributed by atoms with E-state index in [4.69, 9.17) is 5.73 Å². The maximum atomic E-state index is 5.63. The van der Waals surface area contributed by atoms with Gasteiger partial charge < -0.3 is 5.73 Å². The van der Waals surface area contributed by atoms with Crippen molar-refractivity contribution in [3.8, 4) is 0 Å². The molecule has 4 heteroatoms. The van der Waals surface area contributed by atoms with E-state index in [0.717, 1.165) is 37.6 Å². The Morgan fingerprint density at radius 3 is 2.67 bits per heavy atom. The molecule has 0 aromatic carbocycles. The Kier molecular flexibility index (Phi) is 4.00. The van der Waals surface area contributed by atoms with Crippen LogP contribution in [-0.4, -0.2) is 47.0 Å². The molecule has 0 spiro atoms. The van der Waals surface area contributed by atoms with Gasteiger partial charge in [-0.05, 0) is 33.0 Å². The van der Waals surface area contributed by atoms with Gasteiger partial charge in [-0.2, -0.15) is 0 Å². The summed E-state index contributed by atoms with van der Waals surface area (Å²) in [4.78, 5) is 9.47. The molecule has 2 N–H and O–H groups in total. The molecule has 1 fully saturated rings. The second kappa shape index (κ2) is 5.34. The number of pyridine rings is 1. The van der Waals surface area contributed by atoms with Gasteiger partial charge in [0.1, 0.15) is 0 Å². The first-order chi connectivity index (χ1) is 8.51. The van der Waals surface area contributed by atoms with Crippen LogP contribution in [0.5, 0.6) is 0 Å². The molecule has 100 valence electrons. The van der Waals surface area contributed by atoms with E-state index in [1.165, 1.54) is 0 Å². The highest BCUT2D eigenvalue weighted by Gasteiger charge is 2.30. The van der Waals surface area contributed by atoms with E-state index < -0.39 is 0 Å². The Morgan fingerprint density at radius 1 is 1.28 bits per heavy atom. The maximum absolute atomic E-state index is 5.63. The third-order valence-corrected chi connectivity index (χ3v) is 3.85. The van der Waals surface area contributed by atoms with Gasteiger partial charge in [0.05, 0.1) is 11.4 Å². The van der Waals surface area contributed by atoms with Gasteiger partial charge in [0.2, 0.25) is 0 Å². The number of rotatable bonds is 3. The molecule has 0 unspecified atom stereocenters. The highest BCUT2D eigenvalue weighted by atomic mass is 15.3. The number of aromatic nitrogens is 1. The fourth-order valence-electron chi connectivity index (χ4n) is 2.44. The summed E-state index contributed by atoms with van der Waals surface area (Å²) in [5, 5.41) is 0. The number of nitrogens with zero attached hydrogens (tertiary/aromatic N) is 3. The van der Waals surface area contributed by atoms with E-state index in [-0.39, 0.29) is 5.54 Å². The highest BCUT2D eigenvalue weighted by molar-refractivity contribution is 5.11. The summed E-state index contributed by atoms with van der Waals surface area (Å²) in [7, 11) is 2.20. The van der Waals surface area contributed by atoms with Crippen molar-refractivity contribution in [2.45, 2.75) is 32.5 Å². The monoisotopic (exact) mass is 248 g/mol. The van der Waals surface area contributed by atoms with Crippen molar-refractivity contribution in [1.29, 1.82) is 0 Å². The molecule has 0 aliphatic carbocycles. The SMILES string of the molecule is CN1CCN(Cc2cccc(CN)n2)CC1(C)C. The molecule has 0 bridgehead atoms. The van der Waals surface area contributed by atoms with Crippen LogP contribution in [0.4, 0.5) is 0 Å². The fraction of sp³-hybridized carbons (Fsp3) is 0.643. The predicted octanol–water partition coefficient (Wildman–Crippen LogP) is 1.07. The number of hydrogen-bond donors (Lipinski definition) is 1. The zero-order valence-corrected chi connectivity index (χ0v) is 11.7. The average Bonchev–Trinajstić information content (AvgIpc) is 2.34. The van der Waals surface area contributed by atoms with Gasteiger partial charge in [0.25, 0.3) is 0 Å². The second-order valence-corrected chi connectivity index (χ2v) is 5.77. The lowest BCUT2D eigenvalue weighted by molar-refractivity contribution is 0.0354. The van der Waals surface area contributed by atoms with Crippen LogP contribution in [0.25, 0.3) is 0 Å². The second-order valence-electron chi connectivity index (χ2n) is 5.77. The molecule has 2 heterocycles. The summed E-state index contributed by atoms with van der Waals surface area (Å²) in [5.41, 5.74) is 7.97. The van der Waals surface area contributed by atoms with Crippen LogP contribution < -0.4 is 5.73 Å². The Balaban J connectivity index is 2.01. The molecule has 2 rings (SSSR count). The minimum atomic E-state index is 0.240. The van der Waals surface area contributed by atoms with Crippen molar-refractivity contribution in [2.24, 2.45) is 5.73 Å². The van der Waals surface area contributed by atoms with Crippen LogP contribution in [0.2, 0.25) is 0 Å². The largest absolute Gasteiger partial charge is 0.325 e. The van der Waals surface area contributed by atoms with Gasteiger partial charge >= 0.3 is 0 Å². The summed E-state index contributed by atoms with van der Waals surface area (Å²) in [6.45, 7) is 9.33. The Hall–Kier alpha value is -0.970. The van der Waals surface area contributed by atoms with Crippen molar-refractivity contribution in [3.05, 3.63) is 29.6 Å². The molecule has 0 radical (unpaired) electrons. The summed E-state index contributed by atoms with van der Waals surface area (Å²) < 4.78 is 0. The molecule has 4 nitrogen and oxygen atoms in total. The molecule has 1 aliphatic rings. The predicted molar refractivity (Wildman–Crippen MR) is 74.1 cm³/mol. The zero-order chi connectivity index (χ0) is 13.2. The molecular weight excluding hydrogens is 224 g/mol. The molecule has 1 aromatic heterocycles. The number of piperazine rings is 1. The molecule has 0 saturated carbocycles. The van der Waals surface area contributed by atoms with E-state index in [9.17, 15) is 0 Å². The average molecular weight is 248 g/mol. The standard InChI is InChI=1S/C14H24N4/c1-14(2)11-18(8-7-17(14)3)10-13-6-4-5-12(9-15)16-13/h4-6H,7-11,15H2,1-3H3. The lowest BCUT2D eigenvalue weighted by atomic mass is 9.99. The molecule has 1 aromatic rings. The molecule has 18 heavy (non-hydrogen) atoms. The van der Waals surface area contributed by atoms with Gasteiger partial charge in [-0.1, -0.05) is 6.07 Å². The summed E-state index contributed by atoms with van der Waals surface area (Å²) in [5.74, 6) is 0. The van der Waals surface area contributed by atoms with E-state index in [2.05, 4.69) is 41.7 Å². The Morgan fingerprint density at radius 2 is 2.00 bits per heavy atom. The van der Waals surface area contributed by atoms with Crippen LogP contribution in [0, 0.1) is 0 Å². The van der Waals surface area contributed by atoms with Crippen molar-refractivity contribution in [3.63, 3.8) is 0 Å². The van der Waals surface area contributed by atoms with Gasteiger partial charge in [-0.25, -0.2) is 0 Å². The Bertz CT molecular complexity index is 403. The Labute approximate surface area is 110 Å². The van der Waals surface area contributed by atoms with Gasteiger partial charge in [-0.3, -0.25) is 14.8 Å². The molecule has 0 atom stereocenters. The quantitative estimate of drug-likeness (QED) is 0.869. The van der Waals surface area contributed by atoms with Crippen molar-refractivity contribution >= 4 is 0 Å². The van der Waals surface area contributed by atoms with Gasteiger partial charge in [0, 0.05) is 38.3 Å². The van der Waals surface area contributed by atoms with Crippen molar-refractivity contribution < 1.29 is 0 Å².